The van der Waals surface area contributed by atoms with Gasteiger partial charge in [-0.25, -0.2) is 0 Å². The normalized spacial score (nSPS) is 12.2. The lowest BCUT2D eigenvalue weighted by Crippen LogP contribution is -2.08. The predicted molar refractivity (Wildman–Crippen MR) is 107 cm³/mol. The van der Waals surface area contributed by atoms with E-state index in [0.717, 1.165) is 36.4 Å². The molecule has 4 aromatic rings. The fraction of sp³-hybridized carbons (Fsp3) is 0.174. The van der Waals surface area contributed by atoms with E-state index in [0.29, 0.717) is 0 Å². The molecule has 34 heavy (non-hydrogen) atoms. The van der Waals surface area contributed by atoms with Crippen molar-refractivity contribution in [1.29, 1.82) is 0 Å². The fourth-order valence-electron chi connectivity index (χ4n) is 3.48. The van der Waals surface area contributed by atoms with Crippen molar-refractivity contribution in [3.8, 4) is 22.5 Å². The molecule has 2 aromatic heterocycles. The Bertz CT molecular complexity index is 1280. The van der Waals surface area contributed by atoms with Gasteiger partial charge in [0.05, 0.1) is 22.3 Å². The number of aromatic nitrogens is 2. The summed E-state index contributed by atoms with van der Waals surface area (Å²) < 4.78 is 89.2. The maximum atomic E-state index is 13.5. The third-order valence-electron chi connectivity index (χ3n) is 5.11. The molecule has 0 fully saturated rings. The standard InChI is InChI=1S/C23H14F6N2O3/c1-11-17(19(30-33-11)13-5-3-7-15(9-13)22(24,25)26)21(32)18-12(2)34-31-20(18)14-6-4-8-16(10-14)23(27,28)29/h3-10H,1-2H3. The van der Waals surface area contributed by atoms with Crippen molar-refractivity contribution in [3.05, 3.63) is 82.3 Å². The zero-order valence-electron chi connectivity index (χ0n) is 17.5. The molecule has 2 heterocycles. The van der Waals surface area contributed by atoms with E-state index in [4.69, 9.17) is 9.05 Å². The molecule has 0 saturated heterocycles. The summed E-state index contributed by atoms with van der Waals surface area (Å²) >= 11 is 0. The first-order chi connectivity index (χ1) is 15.9. The Morgan fingerprint density at radius 2 is 1.09 bits per heavy atom. The summed E-state index contributed by atoms with van der Waals surface area (Å²) in [4.78, 5) is 13.5. The van der Waals surface area contributed by atoms with E-state index in [2.05, 4.69) is 10.3 Å². The van der Waals surface area contributed by atoms with Gasteiger partial charge in [-0.2, -0.15) is 26.3 Å². The lowest BCUT2D eigenvalue weighted by atomic mass is 9.94. The lowest BCUT2D eigenvalue weighted by Gasteiger charge is -2.09. The van der Waals surface area contributed by atoms with Crippen molar-refractivity contribution >= 4 is 5.78 Å². The summed E-state index contributed by atoms with van der Waals surface area (Å²) in [6.07, 6.45) is -9.25. The maximum absolute atomic E-state index is 13.5. The number of halogens is 6. The van der Waals surface area contributed by atoms with Crippen LogP contribution in [0.15, 0.2) is 57.6 Å². The number of rotatable bonds is 4. The molecule has 0 bridgehead atoms. The van der Waals surface area contributed by atoms with Crippen LogP contribution in [0, 0.1) is 13.8 Å². The van der Waals surface area contributed by atoms with Crippen LogP contribution < -0.4 is 0 Å². The van der Waals surface area contributed by atoms with Gasteiger partial charge in [-0.05, 0) is 38.1 Å². The van der Waals surface area contributed by atoms with Crippen molar-refractivity contribution in [2.45, 2.75) is 26.2 Å². The van der Waals surface area contributed by atoms with Crippen molar-refractivity contribution in [2.75, 3.05) is 0 Å². The second-order valence-corrected chi connectivity index (χ2v) is 7.41. The number of hydrogen-bond donors (Lipinski definition) is 0. The second kappa shape index (κ2) is 8.15. The number of carbonyl (C=O) groups excluding carboxylic acids is 1. The van der Waals surface area contributed by atoms with Gasteiger partial charge >= 0.3 is 12.4 Å². The van der Waals surface area contributed by atoms with Crippen LogP contribution in [-0.4, -0.2) is 16.1 Å². The zero-order chi connectivity index (χ0) is 24.8. The van der Waals surface area contributed by atoms with Gasteiger partial charge in [0.1, 0.15) is 22.9 Å². The minimum atomic E-state index is -4.62. The van der Waals surface area contributed by atoms with E-state index >= 15 is 0 Å². The Morgan fingerprint density at radius 3 is 1.44 bits per heavy atom. The van der Waals surface area contributed by atoms with E-state index < -0.39 is 29.3 Å². The molecule has 0 saturated carbocycles. The highest BCUT2D eigenvalue weighted by Crippen LogP contribution is 2.37. The molecule has 11 heteroatoms. The molecule has 176 valence electrons. The molecule has 0 aliphatic carbocycles. The van der Waals surface area contributed by atoms with Gasteiger partial charge in [0.15, 0.2) is 0 Å². The van der Waals surface area contributed by atoms with Crippen LogP contribution >= 0.6 is 0 Å². The minimum Gasteiger partial charge on any atom is -0.360 e. The summed E-state index contributed by atoms with van der Waals surface area (Å²) in [5.74, 6) is -0.752. The number of nitrogens with zero attached hydrogens (tertiary/aromatic N) is 2. The average Bonchev–Trinajstić information content (AvgIpc) is 3.35. The molecule has 0 amide bonds. The Kier molecular flexibility index (Phi) is 5.58. The van der Waals surface area contributed by atoms with Crippen LogP contribution in [-0.2, 0) is 12.4 Å². The molecule has 0 atom stereocenters. The quantitative estimate of drug-likeness (QED) is 0.235. The zero-order valence-corrected chi connectivity index (χ0v) is 17.5. The third kappa shape index (κ3) is 4.20. The average molecular weight is 480 g/mol. The van der Waals surface area contributed by atoms with E-state index in [-0.39, 0.29) is 45.2 Å². The Hall–Kier alpha value is -3.89. The van der Waals surface area contributed by atoms with Crippen LogP contribution in [0.1, 0.15) is 38.6 Å². The Balaban J connectivity index is 1.84. The molecule has 5 nitrogen and oxygen atoms in total. The molecule has 0 unspecified atom stereocenters. The molecular weight excluding hydrogens is 466 g/mol. The van der Waals surface area contributed by atoms with Gasteiger partial charge in [-0.15, -0.1) is 0 Å². The first kappa shape index (κ1) is 23.3. The van der Waals surface area contributed by atoms with Gasteiger partial charge in [0, 0.05) is 11.1 Å². The van der Waals surface area contributed by atoms with Gasteiger partial charge < -0.3 is 9.05 Å². The predicted octanol–water partition coefficient (Wildman–Crippen LogP) is 6.88. The van der Waals surface area contributed by atoms with Crippen LogP contribution in [0.5, 0.6) is 0 Å². The first-order valence-electron chi connectivity index (χ1n) is 9.70. The monoisotopic (exact) mass is 480 g/mol. The van der Waals surface area contributed by atoms with Gasteiger partial charge in [0.2, 0.25) is 5.78 Å². The van der Waals surface area contributed by atoms with Crippen molar-refractivity contribution in [3.63, 3.8) is 0 Å². The number of alkyl halides is 6. The van der Waals surface area contributed by atoms with Crippen molar-refractivity contribution in [2.24, 2.45) is 0 Å². The van der Waals surface area contributed by atoms with Gasteiger partial charge in [-0.1, -0.05) is 34.6 Å². The number of aryl methyl sites for hydroxylation is 2. The Labute approximate surface area is 188 Å². The lowest BCUT2D eigenvalue weighted by molar-refractivity contribution is -0.138. The number of carbonyl (C=O) groups is 1. The van der Waals surface area contributed by atoms with Crippen LogP contribution in [0.3, 0.4) is 0 Å². The molecule has 4 rings (SSSR count). The van der Waals surface area contributed by atoms with E-state index in [9.17, 15) is 31.1 Å². The smallest absolute Gasteiger partial charge is 0.360 e. The van der Waals surface area contributed by atoms with Crippen molar-refractivity contribution in [1.82, 2.24) is 10.3 Å². The van der Waals surface area contributed by atoms with Crippen LogP contribution in [0.4, 0.5) is 26.3 Å². The summed E-state index contributed by atoms with van der Waals surface area (Å²) in [5, 5.41) is 7.51. The number of benzene rings is 2. The highest BCUT2D eigenvalue weighted by atomic mass is 19.4. The molecular formula is C23H14F6N2O3. The molecule has 0 radical (unpaired) electrons. The molecule has 0 N–H and O–H groups in total. The largest absolute Gasteiger partial charge is 0.416 e. The summed E-state index contributed by atoms with van der Waals surface area (Å²) in [5.41, 5.74) is -2.55. The first-order valence-corrected chi connectivity index (χ1v) is 9.70. The van der Waals surface area contributed by atoms with Crippen LogP contribution in [0.25, 0.3) is 22.5 Å². The van der Waals surface area contributed by atoms with Gasteiger partial charge in [0.25, 0.3) is 0 Å². The molecule has 2 aromatic carbocycles. The van der Waals surface area contributed by atoms with E-state index in [1.54, 1.807) is 0 Å². The summed E-state index contributed by atoms with van der Waals surface area (Å²) in [7, 11) is 0. The highest BCUT2D eigenvalue weighted by Gasteiger charge is 2.34. The van der Waals surface area contributed by atoms with Crippen molar-refractivity contribution < 1.29 is 40.2 Å². The second-order valence-electron chi connectivity index (χ2n) is 7.41. The SMILES string of the molecule is Cc1onc(-c2cccc(C(F)(F)F)c2)c1C(=O)c1c(-c2cccc(C(F)(F)F)c2)noc1C. The van der Waals surface area contributed by atoms with Gasteiger partial charge in [-0.3, -0.25) is 4.79 Å². The molecule has 0 spiro atoms. The maximum Gasteiger partial charge on any atom is 0.416 e. The third-order valence-corrected chi connectivity index (χ3v) is 5.11. The highest BCUT2D eigenvalue weighted by molar-refractivity contribution is 6.16. The number of ketones is 1. The summed E-state index contributed by atoms with van der Waals surface area (Å²) in [6.45, 7) is 2.79. The molecule has 0 aliphatic rings. The van der Waals surface area contributed by atoms with E-state index in [1.165, 1.54) is 26.0 Å². The molecule has 0 aliphatic heterocycles. The minimum absolute atomic E-state index is 0.00741. The summed E-state index contributed by atoms with van der Waals surface area (Å²) in [6, 6.07) is 8.37. The Morgan fingerprint density at radius 1 is 0.706 bits per heavy atom. The fourth-order valence-corrected chi connectivity index (χ4v) is 3.48. The van der Waals surface area contributed by atoms with E-state index in [1.807, 2.05) is 0 Å². The number of hydrogen-bond acceptors (Lipinski definition) is 5. The topological polar surface area (TPSA) is 69.1 Å². The van der Waals surface area contributed by atoms with Crippen LogP contribution in [0.2, 0.25) is 0 Å².